The van der Waals surface area contributed by atoms with Crippen molar-refractivity contribution in [2.75, 3.05) is 5.32 Å². The van der Waals surface area contributed by atoms with E-state index in [1.54, 1.807) is 6.20 Å². The average Bonchev–Trinajstić information content (AvgIpc) is 3.03. The highest BCUT2D eigenvalue weighted by Gasteiger charge is 2.30. The maximum Gasteiger partial charge on any atom is 0.242 e. The molecule has 2 unspecified atom stereocenters. The van der Waals surface area contributed by atoms with Crippen molar-refractivity contribution >= 4 is 11.6 Å². The monoisotopic (exact) mass is 296 g/mol. The van der Waals surface area contributed by atoms with E-state index in [-0.39, 0.29) is 18.0 Å². The van der Waals surface area contributed by atoms with Gasteiger partial charge in [0.05, 0.1) is 11.7 Å². The molecule has 0 radical (unpaired) electrons. The number of pyridine rings is 1. The molecular weight excluding hydrogens is 276 g/mol. The van der Waals surface area contributed by atoms with Crippen LogP contribution < -0.4 is 16.2 Å². The number of rotatable bonds is 3. The van der Waals surface area contributed by atoms with Crippen LogP contribution in [0.2, 0.25) is 0 Å². The van der Waals surface area contributed by atoms with Gasteiger partial charge in [0.15, 0.2) is 0 Å². The smallest absolute Gasteiger partial charge is 0.242 e. The number of nitrogens with zero attached hydrogens (tertiary/aromatic N) is 1. The van der Waals surface area contributed by atoms with Gasteiger partial charge in [-0.05, 0) is 49.6 Å². The first kappa shape index (κ1) is 14.7. The molecule has 2 atom stereocenters. The highest BCUT2D eigenvalue weighted by atomic mass is 16.2. The molecule has 114 valence electrons. The summed E-state index contributed by atoms with van der Waals surface area (Å²) in [5, 5.41) is 3.00. The SMILES string of the molecule is Cc1cccc(NC(=O)C2CC(c3ccccn3)NN2)c1C. The van der Waals surface area contributed by atoms with E-state index in [9.17, 15) is 4.79 Å². The van der Waals surface area contributed by atoms with Gasteiger partial charge in [-0.1, -0.05) is 18.2 Å². The molecule has 2 aromatic rings. The number of aromatic nitrogens is 1. The molecule has 3 N–H and O–H groups in total. The molecule has 5 nitrogen and oxygen atoms in total. The molecule has 2 heterocycles. The van der Waals surface area contributed by atoms with Crippen molar-refractivity contribution in [1.29, 1.82) is 0 Å². The fraction of sp³-hybridized carbons (Fsp3) is 0.294. The predicted molar refractivity (Wildman–Crippen MR) is 86.2 cm³/mol. The van der Waals surface area contributed by atoms with Crippen molar-refractivity contribution in [3.8, 4) is 0 Å². The zero-order valence-electron chi connectivity index (χ0n) is 12.8. The quantitative estimate of drug-likeness (QED) is 0.813. The molecule has 1 fully saturated rings. The molecule has 1 aromatic carbocycles. The molecule has 3 rings (SSSR count). The van der Waals surface area contributed by atoms with Crippen LogP contribution in [0.25, 0.3) is 0 Å². The van der Waals surface area contributed by atoms with Crippen LogP contribution in [0.3, 0.4) is 0 Å². The van der Waals surface area contributed by atoms with E-state index in [0.29, 0.717) is 6.42 Å². The first-order chi connectivity index (χ1) is 10.6. The zero-order valence-corrected chi connectivity index (χ0v) is 12.8. The molecule has 0 aliphatic carbocycles. The van der Waals surface area contributed by atoms with Crippen LogP contribution in [-0.2, 0) is 4.79 Å². The van der Waals surface area contributed by atoms with Gasteiger partial charge >= 0.3 is 0 Å². The lowest BCUT2D eigenvalue weighted by Gasteiger charge is -2.13. The lowest BCUT2D eigenvalue weighted by atomic mass is 10.1. The van der Waals surface area contributed by atoms with E-state index in [2.05, 4.69) is 21.2 Å². The number of anilines is 1. The number of carbonyl (C=O) groups excluding carboxylic acids is 1. The molecule has 1 amide bonds. The fourth-order valence-corrected chi connectivity index (χ4v) is 2.61. The fourth-order valence-electron chi connectivity index (χ4n) is 2.61. The lowest BCUT2D eigenvalue weighted by Crippen LogP contribution is -2.39. The maximum absolute atomic E-state index is 12.4. The van der Waals surface area contributed by atoms with Crippen LogP contribution >= 0.6 is 0 Å². The van der Waals surface area contributed by atoms with Crippen molar-refractivity contribution in [3.63, 3.8) is 0 Å². The first-order valence-corrected chi connectivity index (χ1v) is 7.44. The van der Waals surface area contributed by atoms with Crippen LogP contribution in [0.4, 0.5) is 5.69 Å². The normalized spacial score (nSPS) is 20.8. The predicted octanol–water partition coefficient (Wildman–Crippen LogP) is 2.24. The second kappa shape index (κ2) is 6.25. The molecule has 0 spiro atoms. The lowest BCUT2D eigenvalue weighted by molar-refractivity contribution is -0.117. The molecule has 1 aliphatic heterocycles. The molecule has 0 saturated carbocycles. The van der Waals surface area contributed by atoms with Crippen LogP contribution in [0.1, 0.15) is 29.3 Å². The Kier molecular flexibility index (Phi) is 4.18. The third-order valence-corrected chi connectivity index (χ3v) is 4.13. The van der Waals surface area contributed by atoms with Gasteiger partial charge in [-0.25, -0.2) is 10.9 Å². The topological polar surface area (TPSA) is 66.0 Å². The van der Waals surface area contributed by atoms with Gasteiger partial charge in [-0.15, -0.1) is 0 Å². The molecular formula is C17H20N4O. The van der Waals surface area contributed by atoms with Gasteiger partial charge in [0.1, 0.15) is 6.04 Å². The van der Waals surface area contributed by atoms with Crippen molar-refractivity contribution in [1.82, 2.24) is 15.8 Å². The van der Waals surface area contributed by atoms with Gasteiger partial charge < -0.3 is 5.32 Å². The van der Waals surface area contributed by atoms with Crippen molar-refractivity contribution in [3.05, 3.63) is 59.4 Å². The highest BCUT2D eigenvalue weighted by molar-refractivity contribution is 5.95. The maximum atomic E-state index is 12.4. The second-order valence-corrected chi connectivity index (χ2v) is 5.62. The molecule has 5 heteroatoms. The van der Waals surface area contributed by atoms with Gasteiger partial charge in [0, 0.05) is 11.9 Å². The van der Waals surface area contributed by atoms with Gasteiger partial charge in [0.25, 0.3) is 0 Å². The van der Waals surface area contributed by atoms with E-state index in [4.69, 9.17) is 0 Å². The van der Waals surface area contributed by atoms with E-state index >= 15 is 0 Å². The number of carbonyl (C=O) groups is 1. The van der Waals surface area contributed by atoms with Crippen LogP contribution in [0.5, 0.6) is 0 Å². The molecule has 1 aromatic heterocycles. The van der Waals surface area contributed by atoms with Gasteiger partial charge in [-0.2, -0.15) is 0 Å². The minimum atomic E-state index is -0.271. The Morgan fingerprint density at radius 3 is 2.82 bits per heavy atom. The number of aryl methyl sites for hydroxylation is 1. The van der Waals surface area contributed by atoms with Gasteiger partial charge in [0.2, 0.25) is 5.91 Å². The van der Waals surface area contributed by atoms with E-state index in [1.807, 2.05) is 50.2 Å². The van der Waals surface area contributed by atoms with Crippen molar-refractivity contribution < 1.29 is 4.79 Å². The summed E-state index contributed by atoms with van der Waals surface area (Å²) in [6.07, 6.45) is 2.44. The van der Waals surface area contributed by atoms with Crippen molar-refractivity contribution in [2.24, 2.45) is 0 Å². The largest absolute Gasteiger partial charge is 0.324 e. The molecule has 22 heavy (non-hydrogen) atoms. The van der Waals surface area contributed by atoms with Crippen LogP contribution in [0.15, 0.2) is 42.6 Å². The minimum absolute atomic E-state index is 0.0281. The summed E-state index contributed by atoms with van der Waals surface area (Å²) in [6.45, 7) is 4.05. The Labute approximate surface area is 130 Å². The first-order valence-electron chi connectivity index (χ1n) is 7.44. The summed E-state index contributed by atoms with van der Waals surface area (Å²) in [4.78, 5) is 16.8. The van der Waals surface area contributed by atoms with Crippen molar-refractivity contribution in [2.45, 2.75) is 32.4 Å². The summed E-state index contributed by atoms with van der Waals surface area (Å²) >= 11 is 0. The Morgan fingerprint density at radius 1 is 1.18 bits per heavy atom. The van der Waals surface area contributed by atoms with E-state index in [1.165, 1.54) is 5.56 Å². The Hall–Kier alpha value is -2.24. The van der Waals surface area contributed by atoms with E-state index < -0.39 is 0 Å². The number of hydrazine groups is 1. The second-order valence-electron chi connectivity index (χ2n) is 5.62. The number of amides is 1. The number of hydrogen-bond acceptors (Lipinski definition) is 4. The van der Waals surface area contributed by atoms with E-state index in [0.717, 1.165) is 16.9 Å². The highest BCUT2D eigenvalue weighted by Crippen LogP contribution is 2.22. The zero-order chi connectivity index (χ0) is 15.5. The van der Waals surface area contributed by atoms with Gasteiger partial charge in [-0.3, -0.25) is 9.78 Å². The standard InChI is InChI=1S/C17H20N4O/c1-11-6-5-8-13(12(11)2)19-17(22)16-10-15(20-21-16)14-7-3-4-9-18-14/h3-9,15-16,20-21H,10H2,1-2H3,(H,19,22). The summed E-state index contributed by atoms with van der Waals surface area (Å²) in [5.41, 5.74) is 10.3. The van der Waals surface area contributed by atoms with Crippen LogP contribution in [-0.4, -0.2) is 16.9 Å². The number of nitrogens with one attached hydrogen (secondary N) is 3. The Balaban J connectivity index is 1.66. The number of benzene rings is 1. The minimum Gasteiger partial charge on any atom is -0.324 e. The Bertz CT molecular complexity index is 672. The summed E-state index contributed by atoms with van der Waals surface area (Å²) in [7, 11) is 0. The Morgan fingerprint density at radius 2 is 2.05 bits per heavy atom. The molecule has 1 saturated heterocycles. The number of hydrogen-bond donors (Lipinski definition) is 3. The third-order valence-electron chi connectivity index (χ3n) is 4.13. The van der Waals surface area contributed by atoms with Crippen LogP contribution in [0, 0.1) is 13.8 Å². The molecule has 1 aliphatic rings. The molecule has 0 bridgehead atoms. The summed E-state index contributed by atoms with van der Waals surface area (Å²) in [6, 6.07) is 11.5. The average molecular weight is 296 g/mol. The third kappa shape index (κ3) is 3.00. The summed E-state index contributed by atoms with van der Waals surface area (Å²) in [5.74, 6) is -0.0281. The summed E-state index contributed by atoms with van der Waals surface area (Å²) < 4.78 is 0.